The van der Waals surface area contributed by atoms with Gasteiger partial charge in [-0.1, -0.05) is 0 Å². The topological polar surface area (TPSA) is 94.6 Å². The molecule has 0 aromatic carbocycles. The molecule has 1 aliphatic heterocycles. The normalized spacial score (nSPS) is 20.1. The van der Waals surface area contributed by atoms with Crippen LogP contribution in [0.4, 0.5) is 0 Å². The van der Waals surface area contributed by atoms with Gasteiger partial charge in [-0.3, -0.25) is 14.2 Å². The van der Waals surface area contributed by atoms with Crippen LogP contribution in [0.5, 0.6) is 0 Å². The number of hydrogen-bond acceptors (Lipinski definition) is 6. The van der Waals surface area contributed by atoms with Crippen LogP contribution in [0.25, 0.3) is 11.1 Å². The maximum absolute atomic E-state index is 12.9. The third-order valence-electron chi connectivity index (χ3n) is 5.12. The Hall–Kier alpha value is -2.64. The zero-order valence-corrected chi connectivity index (χ0v) is 16.2. The molecule has 3 heterocycles. The molecule has 0 saturated carbocycles. The Morgan fingerprint density at radius 1 is 1.30 bits per heavy atom. The van der Waals surface area contributed by atoms with Crippen LogP contribution in [-0.2, 0) is 16.1 Å². The third-order valence-corrected chi connectivity index (χ3v) is 5.12. The number of ether oxygens (including phenoxy) is 1. The molecule has 27 heavy (non-hydrogen) atoms. The molecule has 1 fully saturated rings. The zero-order chi connectivity index (χ0) is 19.7. The molecular weight excluding hydrogens is 350 g/mol. The molecule has 2 atom stereocenters. The average Bonchev–Trinajstić information content (AvgIpc) is 2.94. The van der Waals surface area contributed by atoms with Crippen molar-refractivity contribution in [3.8, 4) is 0 Å². The lowest BCUT2D eigenvalue weighted by Gasteiger charge is -2.39. The van der Waals surface area contributed by atoms with Crippen molar-refractivity contribution in [2.45, 2.75) is 65.6 Å². The highest BCUT2D eigenvalue weighted by atomic mass is 16.5. The number of nitrogens with zero attached hydrogens (tertiary/aromatic N) is 3. The smallest absolute Gasteiger partial charge is 0.342 e. The van der Waals surface area contributed by atoms with E-state index in [9.17, 15) is 14.4 Å². The van der Waals surface area contributed by atoms with Gasteiger partial charge in [0.25, 0.3) is 5.56 Å². The average molecular weight is 375 g/mol. The monoisotopic (exact) mass is 375 g/mol. The van der Waals surface area contributed by atoms with Crippen molar-refractivity contribution in [2.24, 2.45) is 0 Å². The Morgan fingerprint density at radius 2 is 1.96 bits per heavy atom. The molecule has 0 bridgehead atoms. The second kappa shape index (κ2) is 7.54. The Labute approximate surface area is 157 Å². The van der Waals surface area contributed by atoms with Crippen molar-refractivity contribution in [1.29, 1.82) is 0 Å². The summed E-state index contributed by atoms with van der Waals surface area (Å²) in [5.41, 5.74) is -0.333. The van der Waals surface area contributed by atoms with Gasteiger partial charge in [-0.2, -0.15) is 0 Å². The summed E-state index contributed by atoms with van der Waals surface area (Å²) in [6, 6.07) is 0.278. The first-order chi connectivity index (χ1) is 12.8. The molecule has 0 radical (unpaired) electrons. The second-order valence-corrected chi connectivity index (χ2v) is 7.04. The molecule has 3 rings (SSSR count). The number of piperidine rings is 1. The van der Waals surface area contributed by atoms with Gasteiger partial charge in [0, 0.05) is 12.1 Å². The van der Waals surface area contributed by atoms with Crippen molar-refractivity contribution in [1.82, 2.24) is 14.5 Å². The number of carbonyl (C=O) groups excluding carboxylic acids is 2. The first kappa shape index (κ1) is 19.1. The van der Waals surface area contributed by atoms with E-state index in [1.54, 1.807) is 13.8 Å². The molecule has 0 spiro atoms. The molecule has 146 valence electrons. The van der Waals surface area contributed by atoms with Crippen LogP contribution in [0, 0.1) is 6.92 Å². The molecule has 2 aromatic rings. The van der Waals surface area contributed by atoms with Crippen LogP contribution < -0.4 is 5.56 Å². The first-order valence-electron chi connectivity index (χ1n) is 9.32. The number of rotatable bonds is 4. The summed E-state index contributed by atoms with van der Waals surface area (Å²) < 4.78 is 11.7. The molecule has 1 aliphatic rings. The minimum Gasteiger partial charge on any atom is -0.462 e. The van der Waals surface area contributed by atoms with E-state index in [0.717, 1.165) is 19.3 Å². The van der Waals surface area contributed by atoms with Crippen molar-refractivity contribution in [2.75, 3.05) is 6.61 Å². The van der Waals surface area contributed by atoms with Gasteiger partial charge in [0.2, 0.25) is 11.6 Å². The van der Waals surface area contributed by atoms with Gasteiger partial charge in [0.15, 0.2) is 0 Å². The van der Waals surface area contributed by atoms with Crippen LogP contribution in [0.2, 0.25) is 0 Å². The lowest BCUT2D eigenvalue weighted by atomic mass is 9.97. The van der Waals surface area contributed by atoms with E-state index in [1.807, 2.05) is 18.7 Å². The molecular formula is C19H25N3O5. The lowest BCUT2D eigenvalue weighted by Crippen LogP contribution is -2.49. The highest BCUT2D eigenvalue weighted by molar-refractivity contribution is 6.03. The number of fused-ring (bicyclic) bond motifs is 1. The van der Waals surface area contributed by atoms with Gasteiger partial charge in [0.1, 0.15) is 29.6 Å². The van der Waals surface area contributed by atoms with Gasteiger partial charge < -0.3 is 14.1 Å². The van der Waals surface area contributed by atoms with Crippen molar-refractivity contribution < 1.29 is 18.7 Å². The number of likely N-dealkylation sites (tertiary alicyclic amines) is 1. The van der Waals surface area contributed by atoms with Crippen LogP contribution in [0.3, 0.4) is 0 Å². The fourth-order valence-electron chi connectivity index (χ4n) is 3.84. The van der Waals surface area contributed by atoms with Crippen molar-refractivity contribution in [3.05, 3.63) is 28.0 Å². The van der Waals surface area contributed by atoms with Crippen LogP contribution in [0.15, 0.2) is 15.5 Å². The SMILES string of the molecule is CCOC(=O)c1c(C)oc2ncn(CC(=O)N3[C@@H](C)CCC[C@@H]3C)c(=O)c12. The minimum atomic E-state index is -0.630. The molecule has 8 nitrogen and oxygen atoms in total. The van der Waals surface area contributed by atoms with Crippen molar-refractivity contribution >= 4 is 23.0 Å². The van der Waals surface area contributed by atoms with E-state index in [0.29, 0.717) is 0 Å². The zero-order valence-electron chi connectivity index (χ0n) is 16.2. The number of aryl methyl sites for hydroxylation is 1. The lowest BCUT2D eigenvalue weighted by molar-refractivity contribution is -0.138. The Kier molecular flexibility index (Phi) is 5.34. The number of aromatic nitrogens is 2. The summed E-state index contributed by atoms with van der Waals surface area (Å²) in [6.07, 6.45) is 4.29. The predicted molar refractivity (Wildman–Crippen MR) is 98.6 cm³/mol. The minimum absolute atomic E-state index is 0.0565. The fourth-order valence-corrected chi connectivity index (χ4v) is 3.84. The molecule has 1 amide bonds. The van der Waals surface area contributed by atoms with E-state index >= 15 is 0 Å². The van der Waals surface area contributed by atoms with Gasteiger partial charge in [-0.25, -0.2) is 9.78 Å². The Balaban J connectivity index is 1.97. The second-order valence-electron chi connectivity index (χ2n) is 7.04. The maximum Gasteiger partial charge on any atom is 0.342 e. The summed E-state index contributed by atoms with van der Waals surface area (Å²) in [7, 11) is 0. The summed E-state index contributed by atoms with van der Waals surface area (Å²) in [4.78, 5) is 44.0. The van der Waals surface area contributed by atoms with Gasteiger partial charge in [0.05, 0.1) is 6.61 Å². The summed E-state index contributed by atoms with van der Waals surface area (Å²) in [6.45, 7) is 7.38. The number of amides is 1. The van der Waals surface area contributed by atoms with Crippen LogP contribution in [0.1, 0.15) is 56.2 Å². The van der Waals surface area contributed by atoms with E-state index in [1.165, 1.54) is 10.9 Å². The molecule has 0 N–H and O–H groups in total. The molecule has 0 unspecified atom stereocenters. The summed E-state index contributed by atoms with van der Waals surface area (Å²) >= 11 is 0. The van der Waals surface area contributed by atoms with E-state index < -0.39 is 11.5 Å². The van der Waals surface area contributed by atoms with Crippen LogP contribution in [-0.4, -0.2) is 45.0 Å². The highest BCUT2D eigenvalue weighted by Gasteiger charge is 2.30. The summed E-state index contributed by atoms with van der Waals surface area (Å²) in [5.74, 6) is -0.485. The Morgan fingerprint density at radius 3 is 2.59 bits per heavy atom. The van der Waals surface area contributed by atoms with Gasteiger partial charge in [-0.15, -0.1) is 0 Å². The fraction of sp³-hybridized carbons (Fsp3) is 0.579. The first-order valence-corrected chi connectivity index (χ1v) is 9.32. The van der Waals surface area contributed by atoms with E-state index in [4.69, 9.17) is 9.15 Å². The van der Waals surface area contributed by atoms with Gasteiger partial charge >= 0.3 is 5.97 Å². The Bertz CT molecular complexity index is 919. The molecule has 8 heteroatoms. The predicted octanol–water partition coefficient (Wildman–Crippen LogP) is 2.26. The third kappa shape index (κ3) is 3.48. The highest BCUT2D eigenvalue weighted by Crippen LogP contribution is 2.24. The number of carbonyl (C=O) groups is 2. The molecule has 1 saturated heterocycles. The number of esters is 1. The standard InChI is InChI=1S/C19H25N3O5/c1-5-26-19(25)15-13(4)27-17-16(15)18(24)21(10-20-17)9-14(23)22-11(2)7-6-8-12(22)3/h10-12H,5-9H2,1-4H3/t11-,12-/m0/s1. The largest absolute Gasteiger partial charge is 0.462 e. The van der Waals surface area contributed by atoms with Crippen molar-refractivity contribution in [3.63, 3.8) is 0 Å². The van der Waals surface area contributed by atoms with Crippen LogP contribution >= 0.6 is 0 Å². The quantitative estimate of drug-likeness (QED) is 0.761. The number of hydrogen-bond donors (Lipinski definition) is 0. The summed E-state index contributed by atoms with van der Waals surface area (Å²) in [5, 5.41) is 0.0565. The number of furan rings is 1. The van der Waals surface area contributed by atoms with E-state index in [-0.39, 0.29) is 53.6 Å². The molecule has 0 aliphatic carbocycles. The molecule has 2 aromatic heterocycles. The maximum atomic E-state index is 12.9. The van der Waals surface area contributed by atoms with E-state index in [2.05, 4.69) is 4.98 Å². The van der Waals surface area contributed by atoms with Gasteiger partial charge in [-0.05, 0) is 47.0 Å².